The van der Waals surface area contributed by atoms with Crippen molar-refractivity contribution in [2.75, 3.05) is 6.54 Å². The van der Waals surface area contributed by atoms with Crippen LogP contribution in [0.1, 0.15) is 67.2 Å². The molecule has 0 aromatic carbocycles. The minimum atomic E-state index is -0.441. The highest BCUT2D eigenvalue weighted by Gasteiger charge is 2.29. The minimum Gasteiger partial charge on any atom is -0.444 e. The molecule has 2 N–H and O–H groups in total. The van der Waals surface area contributed by atoms with E-state index in [-0.39, 0.29) is 6.09 Å². The van der Waals surface area contributed by atoms with Crippen LogP contribution in [0.4, 0.5) is 4.79 Å². The molecule has 0 aliphatic heterocycles. The van der Waals surface area contributed by atoms with Crippen molar-refractivity contribution in [1.82, 2.24) is 10.6 Å². The summed E-state index contributed by atoms with van der Waals surface area (Å²) in [6.45, 7) is 12.9. The van der Waals surface area contributed by atoms with Gasteiger partial charge < -0.3 is 15.4 Å². The number of alkyl carbamates (subject to hydrolysis) is 1. The third-order valence-corrected chi connectivity index (χ3v) is 4.28. The second kappa shape index (κ2) is 8.02. The molecule has 21 heavy (non-hydrogen) atoms. The molecular formula is C17H34N2O2. The van der Waals surface area contributed by atoms with Crippen LogP contribution in [0.25, 0.3) is 0 Å². The Balaban J connectivity index is 2.45. The fourth-order valence-corrected chi connectivity index (χ4v) is 3.01. The molecule has 0 radical (unpaired) electrons. The molecule has 1 fully saturated rings. The Morgan fingerprint density at radius 2 is 1.95 bits per heavy atom. The Morgan fingerprint density at radius 3 is 2.48 bits per heavy atom. The Bertz CT molecular complexity index is 323. The summed E-state index contributed by atoms with van der Waals surface area (Å²) in [6, 6.07) is 0.900. The number of rotatable bonds is 6. The monoisotopic (exact) mass is 298 g/mol. The molecule has 0 saturated heterocycles. The molecule has 0 aromatic heterocycles. The quantitative estimate of drug-likeness (QED) is 0.786. The van der Waals surface area contributed by atoms with Crippen LogP contribution in [0, 0.1) is 11.8 Å². The van der Waals surface area contributed by atoms with Crippen LogP contribution in [0.2, 0.25) is 0 Å². The van der Waals surface area contributed by atoms with Gasteiger partial charge in [-0.15, -0.1) is 0 Å². The number of nitrogens with one attached hydrogen (secondary N) is 2. The molecular weight excluding hydrogens is 264 g/mol. The van der Waals surface area contributed by atoms with Crippen molar-refractivity contribution in [1.29, 1.82) is 0 Å². The number of ether oxygens (including phenoxy) is 1. The predicted molar refractivity (Wildman–Crippen MR) is 87.4 cm³/mol. The summed E-state index contributed by atoms with van der Waals surface area (Å²) in [4.78, 5) is 11.8. The van der Waals surface area contributed by atoms with Gasteiger partial charge in [-0.2, -0.15) is 0 Å². The number of amides is 1. The summed E-state index contributed by atoms with van der Waals surface area (Å²) in [7, 11) is 0. The zero-order valence-electron chi connectivity index (χ0n) is 14.7. The highest BCUT2D eigenvalue weighted by molar-refractivity contribution is 5.67. The average molecular weight is 298 g/mol. The number of hydrogen-bond acceptors (Lipinski definition) is 3. The lowest BCUT2D eigenvalue weighted by molar-refractivity contribution is 0.0517. The largest absolute Gasteiger partial charge is 0.444 e. The van der Waals surface area contributed by atoms with Crippen LogP contribution in [-0.4, -0.2) is 30.3 Å². The fraction of sp³-hybridized carbons (Fsp3) is 0.941. The summed E-state index contributed by atoms with van der Waals surface area (Å²) in [5, 5.41) is 6.67. The smallest absolute Gasteiger partial charge is 0.407 e. The maximum atomic E-state index is 11.8. The van der Waals surface area contributed by atoms with Crippen LogP contribution < -0.4 is 10.6 Å². The van der Waals surface area contributed by atoms with E-state index >= 15 is 0 Å². The van der Waals surface area contributed by atoms with E-state index in [9.17, 15) is 4.79 Å². The van der Waals surface area contributed by atoms with Gasteiger partial charge in [-0.25, -0.2) is 4.79 Å². The zero-order valence-corrected chi connectivity index (χ0v) is 14.7. The third-order valence-electron chi connectivity index (χ3n) is 4.28. The van der Waals surface area contributed by atoms with Crippen molar-refractivity contribution >= 4 is 6.09 Å². The number of carbonyl (C=O) groups is 1. The zero-order chi connectivity index (χ0) is 16.0. The SMILES string of the molecule is CCC1CCCC1NC(CNC(=O)OC(C)(C)C)C(C)C. The van der Waals surface area contributed by atoms with Crippen molar-refractivity contribution in [3.05, 3.63) is 0 Å². The van der Waals surface area contributed by atoms with Gasteiger partial charge in [-0.1, -0.05) is 33.6 Å². The van der Waals surface area contributed by atoms with Gasteiger partial charge in [0.2, 0.25) is 0 Å². The van der Waals surface area contributed by atoms with Crippen LogP contribution >= 0.6 is 0 Å². The number of hydrogen-bond donors (Lipinski definition) is 2. The lowest BCUT2D eigenvalue weighted by Gasteiger charge is -2.30. The second-order valence-corrected chi connectivity index (χ2v) is 7.61. The van der Waals surface area contributed by atoms with Gasteiger partial charge in [0.25, 0.3) is 0 Å². The summed E-state index contributed by atoms with van der Waals surface area (Å²) < 4.78 is 5.30. The van der Waals surface area contributed by atoms with Gasteiger partial charge in [0.15, 0.2) is 0 Å². The van der Waals surface area contributed by atoms with E-state index in [0.717, 1.165) is 5.92 Å². The van der Waals surface area contributed by atoms with Crippen LogP contribution in [-0.2, 0) is 4.74 Å². The fourth-order valence-electron chi connectivity index (χ4n) is 3.01. The molecule has 1 rings (SSSR count). The second-order valence-electron chi connectivity index (χ2n) is 7.61. The standard InChI is InChI=1S/C17H34N2O2/c1-7-13-9-8-10-14(13)19-15(12(2)3)11-18-16(20)21-17(4,5)6/h12-15,19H,7-11H2,1-6H3,(H,18,20). The van der Waals surface area contributed by atoms with E-state index in [1.807, 2.05) is 20.8 Å². The maximum absolute atomic E-state index is 11.8. The Hall–Kier alpha value is -0.770. The molecule has 0 spiro atoms. The Kier molecular flexibility index (Phi) is 6.98. The van der Waals surface area contributed by atoms with Gasteiger partial charge in [-0.3, -0.25) is 0 Å². The number of carbonyl (C=O) groups excluding carboxylic acids is 1. The highest BCUT2D eigenvalue weighted by Crippen LogP contribution is 2.28. The minimum absolute atomic E-state index is 0.301. The molecule has 1 aliphatic carbocycles. The molecule has 3 atom stereocenters. The van der Waals surface area contributed by atoms with Crippen molar-refractivity contribution in [2.45, 2.75) is 84.9 Å². The molecule has 1 amide bonds. The Labute approximate surface area is 130 Å². The molecule has 1 saturated carbocycles. The van der Waals surface area contributed by atoms with Gasteiger partial charge >= 0.3 is 6.09 Å². The van der Waals surface area contributed by atoms with E-state index < -0.39 is 5.60 Å². The molecule has 0 heterocycles. The Morgan fingerprint density at radius 1 is 1.29 bits per heavy atom. The van der Waals surface area contributed by atoms with E-state index in [4.69, 9.17) is 4.74 Å². The summed E-state index contributed by atoms with van der Waals surface area (Å²) in [5.74, 6) is 1.27. The molecule has 0 aromatic rings. The predicted octanol–water partition coefficient (Wildman–Crippen LogP) is 3.70. The molecule has 3 unspecified atom stereocenters. The van der Waals surface area contributed by atoms with Crippen molar-refractivity contribution < 1.29 is 9.53 Å². The summed E-state index contributed by atoms with van der Waals surface area (Å²) in [5.41, 5.74) is -0.441. The highest BCUT2D eigenvalue weighted by atomic mass is 16.6. The molecule has 4 heteroatoms. The average Bonchev–Trinajstić information content (AvgIpc) is 2.78. The first-order valence-corrected chi connectivity index (χ1v) is 8.45. The van der Waals surface area contributed by atoms with Crippen molar-refractivity contribution in [3.8, 4) is 0 Å². The van der Waals surface area contributed by atoms with Crippen molar-refractivity contribution in [3.63, 3.8) is 0 Å². The van der Waals surface area contributed by atoms with Crippen molar-refractivity contribution in [2.24, 2.45) is 11.8 Å². The van der Waals surface area contributed by atoms with Crippen LogP contribution in [0.15, 0.2) is 0 Å². The first kappa shape index (κ1) is 18.3. The lowest BCUT2D eigenvalue weighted by Crippen LogP contribution is -2.49. The summed E-state index contributed by atoms with van der Waals surface area (Å²) >= 11 is 0. The van der Waals surface area contributed by atoms with Gasteiger partial charge in [0.1, 0.15) is 5.60 Å². The van der Waals surface area contributed by atoms with Crippen LogP contribution in [0.5, 0.6) is 0 Å². The first-order chi connectivity index (χ1) is 9.73. The van der Waals surface area contributed by atoms with Gasteiger partial charge in [-0.05, 0) is 45.4 Å². The molecule has 4 nitrogen and oxygen atoms in total. The topological polar surface area (TPSA) is 50.4 Å². The first-order valence-electron chi connectivity index (χ1n) is 8.45. The third kappa shape index (κ3) is 6.68. The van der Waals surface area contributed by atoms with E-state index in [1.165, 1.54) is 25.7 Å². The van der Waals surface area contributed by atoms with Gasteiger partial charge in [0, 0.05) is 18.6 Å². The van der Waals surface area contributed by atoms with E-state index in [1.54, 1.807) is 0 Å². The van der Waals surface area contributed by atoms with E-state index in [0.29, 0.717) is 24.5 Å². The van der Waals surface area contributed by atoms with Crippen LogP contribution in [0.3, 0.4) is 0 Å². The normalized spacial score (nSPS) is 24.1. The lowest BCUT2D eigenvalue weighted by atomic mass is 9.97. The van der Waals surface area contributed by atoms with Gasteiger partial charge in [0.05, 0.1) is 0 Å². The van der Waals surface area contributed by atoms with E-state index in [2.05, 4.69) is 31.4 Å². The molecule has 124 valence electrons. The summed E-state index contributed by atoms with van der Waals surface area (Å²) in [6.07, 6.45) is 4.82. The molecule has 1 aliphatic rings. The molecule has 0 bridgehead atoms. The maximum Gasteiger partial charge on any atom is 0.407 e.